The Balaban J connectivity index is 1.42. The van der Waals surface area contributed by atoms with E-state index in [0.717, 1.165) is 11.3 Å². The Kier molecular flexibility index (Phi) is 46.1. The molecule has 0 aromatic heterocycles. The maximum Gasteiger partial charge on any atom is 0.408 e. The molecule has 0 fully saturated rings. The highest BCUT2D eigenvalue weighted by atomic mass is 33.1. The number of carbonyl (C=O) groups excluding carboxylic acids is 11. The molecule has 724 valence electrons. The van der Waals surface area contributed by atoms with Gasteiger partial charge >= 0.3 is 6.09 Å². The summed E-state index contributed by atoms with van der Waals surface area (Å²) in [5.41, 5.74) is -1.20. The van der Waals surface area contributed by atoms with Gasteiger partial charge in [-0.25, -0.2) is 4.79 Å². The second-order valence-electron chi connectivity index (χ2n) is 38.8. The molecule has 27 heteroatoms. The quantitative estimate of drug-likeness (QED) is 0.0135. The molecular formula is C105H147N5O19S3. The first kappa shape index (κ1) is 112. The maximum absolute atomic E-state index is 16.5. The van der Waals surface area contributed by atoms with E-state index in [1.807, 2.05) is 190 Å². The van der Waals surface area contributed by atoms with Crippen molar-refractivity contribution in [3.8, 4) is 11.5 Å². The zero-order valence-electron chi connectivity index (χ0n) is 81.6. The minimum absolute atomic E-state index is 0.0294. The zero-order valence-corrected chi connectivity index (χ0v) is 84.1. The third kappa shape index (κ3) is 40.6. The average molecular weight is 1880 g/mol. The maximum atomic E-state index is 16.5. The van der Waals surface area contributed by atoms with Gasteiger partial charge in [0.05, 0.1) is 73.7 Å². The topological polar surface area (TPSA) is 322 Å². The number of amides is 5. The lowest BCUT2D eigenvalue weighted by Crippen LogP contribution is -2.54. The first-order chi connectivity index (χ1) is 62.2. The molecule has 2 unspecified atom stereocenters. The highest BCUT2D eigenvalue weighted by Crippen LogP contribution is 2.42. The average Bonchev–Trinajstić information content (AvgIpc) is 0.753. The van der Waals surface area contributed by atoms with E-state index in [-0.39, 0.29) is 81.8 Å². The van der Waals surface area contributed by atoms with Crippen LogP contribution in [0.2, 0.25) is 0 Å². The van der Waals surface area contributed by atoms with E-state index < -0.39 is 173 Å². The van der Waals surface area contributed by atoms with Gasteiger partial charge in [0.1, 0.15) is 58.4 Å². The number of benzene rings is 6. The van der Waals surface area contributed by atoms with Crippen LogP contribution >= 0.6 is 33.3 Å². The SMILES string of the molecule is CCSSC[C@H](NC(=O)OC(C)(C)C)C(=O)CCCOCCOCC(=O)N[C@@H](Cc1ccc(OC(C)(C)C)cc1)C(=O)C[C@@H](COC(C)(C)C)C(=O)N[C@H](C(=O)C[C@@H](COC(c1ccccc1)(c1ccccc1)c1ccccc1)C(=O)N[C@@H](Cc1ccc(OC(C)(C)C)cc1)C(=O)C[C@@H](Cc1ccccc1)C(=O)N[C@H](C(=O)C[C@@H](CCSC)C(C)=O)C(C)CC)C(C)OC(C)(C)C. The predicted molar refractivity (Wildman–Crippen MR) is 525 cm³/mol. The third-order valence-corrected chi connectivity index (χ3v) is 24.7. The molecule has 11 atom stereocenters. The van der Waals surface area contributed by atoms with Crippen molar-refractivity contribution in [2.45, 2.75) is 279 Å². The fourth-order valence-electron chi connectivity index (χ4n) is 14.9. The lowest BCUT2D eigenvalue weighted by Gasteiger charge is -2.37. The molecule has 0 saturated heterocycles. The van der Waals surface area contributed by atoms with Gasteiger partial charge in [0.2, 0.25) is 23.6 Å². The lowest BCUT2D eigenvalue weighted by atomic mass is 9.80. The minimum atomic E-state index is -1.56. The van der Waals surface area contributed by atoms with E-state index >= 15 is 28.8 Å². The largest absolute Gasteiger partial charge is 0.488 e. The first-order valence-electron chi connectivity index (χ1n) is 46.1. The Morgan fingerprint density at radius 2 is 0.848 bits per heavy atom. The van der Waals surface area contributed by atoms with Crippen LogP contribution < -0.4 is 36.1 Å². The van der Waals surface area contributed by atoms with Gasteiger partial charge < -0.3 is 64.5 Å². The number of hydrogen-bond donors (Lipinski definition) is 5. The zero-order chi connectivity index (χ0) is 97.6. The number of Topliss-reactive ketones (excluding diaryl/α,β-unsaturated/α-hetero) is 6. The normalized spacial score (nSPS) is 14.6. The minimum Gasteiger partial charge on any atom is -0.488 e. The molecule has 6 aromatic carbocycles. The van der Waals surface area contributed by atoms with Crippen molar-refractivity contribution in [1.82, 2.24) is 26.6 Å². The van der Waals surface area contributed by atoms with Crippen LogP contribution in [0.3, 0.4) is 0 Å². The van der Waals surface area contributed by atoms with Crippen molar-refractivity contribution in [2.75, 3.05) is 63.2 Å². The molecule has 0 aliphatic rings. The van der Waals surface area contributed by atoms with Crippen LogP contribution in [0.1, 0.15) is 223 Å². The summed E-state index contributed by atoms with van der Waals surface area (Å²) < 4.78 is 49.9. The van der Waals surface area contributed by atoms with Crippen LogP contribution in [-0.2, 0) is 101 Å². The lowest BCUT2D eigenvalue weighted by molar-refractivity contribution is -0.144. The summed E-state index contributed by atoms with van der Waals surface area (Å²) in [4.78, 5) is 163. The van der Waals surface area contributed by atoms with Crippen molar-refractivity contribution in [3.05, 3.63) is 203 Å². The van der Waals surface area contributed by atoms with Gasteiger partial charge in [-0.3, -0.25) is 47.9 Å². The van der Waals surface area contributed by atoms with E-state index in [9.17, 15) is 24.0 Å². The summed E-state index contributed by atoms with van der Waals surface area (Å²) in [5.74, 6) is -7.16. The van der Waals surface area contributed by atoms with Crippen molar-refractivity contribution in [3.63, 3.8) is 0 Å². The fourth-order valence-corrected chi connectivity index (χ4v) is 17.3. The summed E-state index contributed by atoms with van der Waals surface area (Å²) in [6.45, 7) is 35.2. The molecule has 6 aromatic rings. The Morgan fingerprint density at radius 3 is 1.32 bits per heavy atom. The second-order valence-corrected chi connectivity index (χ2v) is 42.6. The molecule has 5 amide bonds. The Morgan fingerprint density at radius 1 is 0.409 bits per heavy atom. The number of ether oxygens (including phenoxy) is 8. The summed E-state index contributed by atoms with van der Waals surface area (Å²) in [5, 5.41) is 14.8. The number of rotatable bonds is 58. The standard InChI is InChI=1S/C105H147N5O19S3/c1-22-70(3)94(91(115)62-76(71(4)111)54-58-130-21)109-96(118)77(59-73-37-28-24-29-38-73)63-89(113)86(61-75-48-52-84(53-49-75)128-103(15,16)17)107-97(119)79(67-125-105(80-39-30-25-31-40-80,81-41-32-26-33-42-81)82-43-34-27-35-44-82)65-92(116)95(72(5)126-101(9,10)11)110-98(120)78(66-124-100(6,7)8)64-90(114)85(60-74-46-50-83(51-47-74)127-102(12,13)14)106-93(117)68-123-57-56-122-55-36-45-88(112)87(69-132-131-23-2)108-99(121)129-104(18,19)20/h24-35,37-44,46-53,70,72,76-79,85-87,94-95H,22-23,36,45,54-69H2,1-21H3,(H,106,117)(H,107,119)(H,108,121)(H,109,118)(H,110,120)/t70?,72?,76-,77-,78+,79+,85+,86+,87+,94+,95+/m1/s1. The second kappa shape index (κ2) is 54.5. The molecule has 0 aliphatic heterocycles. The van der Waals surface area contributed by atoms with Crippen molar-refractivity contribution in [1.29, 1.82) is 0 Å². The van der Waals surface area contributed by atoms with Crippen LogP contribution in [0.25, 0.3) is 0 Å². The monoisotopic (exact) mass is 1880 g/mol. The van der Waals surface area contributed by atoms with Gasteiger partial charge in [0.25, 0.3) is 0 Å². The summed E-state index contributed by atoms with van der Waals surface area (Å²) in [6, 6.07) is 45.7. The summed E-state index contributed by atoms with van der Waals surface area (Å²) in [6.07, 6.45) is -0.238. The third-order valence-electron chi connectivity index (χ3n) is 21.6. The number of carbonyl (C=O) groups is 11. The van der Waals surface area contributed by atoms with E-state index in [1.54, 1.807) is 140 Å². The van der Waals surface area contributed by atoms with Crippen molar-refractivity contribution >= 4 is 97.8 Å². The number of alkyl carbamates (subject to hydrolysis) is 1. The molecule has 0 aliphatic carbocycles. The molecule has 132 heavy (non-hydrogen) atoms. The number of ketones is 6. The Bertz CT molecular complexity index is 4490. The predicted octanol–water partition coefficient (Wildman–Crippen LogP) is 17.4. The molecular weight excluding hydrogens is 1730 g/mol. The summed E-state index contributed by atoms with van der Waals surface area (Å²) in [7, 11) is 3.06. The van der Waals surface area contributed by atoms with Crippen LogP contribution in [-0.4, -0.2) is 192 Å². The number of hydrogen-bond acceptors (Lipinski definition) is 22. The molecule has 0 spiro atoms. The summed E-state index contributed by atoms with van der Waals surface area (Å²) >= 11 is 1.57. The van der Waals surface area contributed by atoms with Gasteiger partial charge in [0.15, 0.2) is 28.9 Å². The van der Waals surface area contributed by atoms with Crippen molar-refractivity contribution in [2.24, 2.45) is 29.6 Å². The molecule has 6 rings (SSSR count). The molecule has 5 N–H and O–H groups in total. The molecule has 0 saturated carbocycles. The highest BCUT2D eigenvalue weighted by molar-refractivity contribution is 8.76. The smallest absolute Gasteiger partial charge is 0.408 e. The molecule has 24 nitrogen and oxygen atoms in total. The van der Waals surface area contributed by atoms with E-state index in [1.165, 1.54) is 17.7 Å². The molecule has 0 heterocycles. The Hall–Kier alpha value is -9.06. The Labute approximate surface area is 796 Å². The number of thioether (sulfide) groups is 1. The van der Waals surface area contributed by atoms with Crippen molar-refractivity contribution < 1.29 is 90.6 Å². The van der Waals surface area contributed by atoms with Gasteiger partial charge in [-0.1, -0.05) is 194 Å². The molecule has 0 bridgehead atoms. The first-order valence-corrected chi connectivity index (χ1v) is 50.0. The van der Waals surface area contributed by atoms with Crippen LogP contribution in [0.4, 0.5) is 4.79 Å². The van der Waals surface area contributed by atoms with Gasteiger partial charge in [-0.05, 0) is 225 Å². The van der Waals surface area contributed by atoms with Crippen LogP contribution in [0.5, 0.6) is 11.5 Å². The van der Waals surface area contributed by atoms with E-state index in [4.69, 9.17) is 37.9 Å². The van der Waals surface area contributed by atoms with Gasteiger partial charge in [-0.15, -0.1) is 0 Å². The highest BCUT2D eigenvalue weighted by Gasteiger charge is 2.44. The molecule has 0 radical (unpaired) electrons. The fraction of sp³-hybridized carbons (Fsp3) is 0.552. The van der Waals surface area contributed by atoms with Crippen LogP contribution in [0, 0.1) is 29.6 Å². The van der Waals surface area contributed by atoms with Gasteiger partial charge in [0, 0.05) is 62.1 Å². The number of nitrogens with one attached hydrogen (secondary N) is 5. The van der Waals surface area contributed by atoms with Gasteiger partial charge in [-0.2, -0.15) is 11.8 Å². The van der Waals surface area contributed by atoms with E-state index in [2.05, 4.69) is 26.6 Å². The van der Waals surface area contributed by atoms with Crippen LogP contribution in [0.15, 0.2) is 170 Å². The van der Waals surface area contributed by atoms with E-state index in [0.29, 0.717) is 70.1 Å².